The number of anilines is 1. The molecule has 3 rings (SSSR count). The van der Waals surface area contributed by atoms with Gasteiger partial charge in [0.25, 0.3) is 21.6 Å². The summed E-state index contributed by atoms with van der Waals surface area (Å²) in [7, 11) is -4.00. The van der Waals surface area contributed by atoms with Gasteiger partial charge in [0.1, 0.15) is 0 Å². The van der Waals surface area contributed by atoms with Gasteiger partial charge in [0.15, 0.2) is 0 Å². The van der Waals surface area contributed by atoms with Crippen LogP contribution in [0.5, 0.6) is 0 Å². The summed E-state index contributed by atoms with van der Waals surface area (Å²) in [5.41, 5.74) is 0.876. The molecule has 1 aliphatic rings. The van der Waals surface area contributed by atoms with Crippen LogP contribution in [0.1, 0.15) is 35.2 Å². The first-order valence-corrected chi connectivity index (χ1v) is 10.4. The minimum Gasteiger partial charge on any atom is -0.339 e. The van der Waals surface area contributed by atoms with Crippen molar-refractivity contribution >= 4 is 27.3 Å². The topological polar surface area (TPSA) is 110 Å². The molecular formula is C19H21N3O5S. The maximum absolute atomic E-state index is 12.7. The molecule has 0 saturated carbocycles. The molecule has 0 bridgehead atoms. The fourth-order valence-corrected chi connectivity index (χ4v) is 4.49. The third-order valence-corrected chi connectivity index (χ3v) is 6.22. The van der Waals surface area contributed by atoms with E-state index in [1.54, 1.807) is 24.0 Å². The molecule has 1 fully saturated rings. The second-order valence-corrected chi connectivity index (χ2v) is 8.39. The predicted molar refractivity (Wildman–Crippen MR) is 105 cm³/mol. The van der Waals surface area contributed by atoms with Crippen LogP contribution in [0, 0.1) is 17.0 Å². The molecule has 1 aliphatic heterocycles. The number of nitro benzene ring substituents is 1. The Labute approximate surface area is 163 Å². The fraction of sp³-hybridized carbons (Fsp3) is 0.316. The summed E-state index contributed by atoms with van der Waals surface area (Å²) in [6, 6.07) is 9.88. The van der Waals surface area contributed by atoms with Crippen LogP contribution >= 0.6 is 0 Å². The number of aryl methyl sites for hydroxylation is 1. The molecule has 0 aromatic heterocycles. The van der Waals surface area contributed by atoms with Gasteiger partial charge in [-0.05, 0) is 56.0 Å². The average molecular weight is 403 g/mol. The molecule has 2 aromatic rings. The highest BCUT2D eigenvalue weighted by atomic mass is 32.2. The third kappa shape index (κ3) is 4.30. The number of amides is 1. The number of carbonyl (C=O) groups excluding carboxylic acids is 1. The van der Waals surface area contributed by atoms with Crippen molar-refractivity contribution < 1.29 is 18.1 Å². The first-order valence-electron chi connectivity index (χ1n) is 8.95. The Hall–Kier alpha value is -2.94. The molecule has 0 aliphatic carbocycles. The Balaban J connectivity index is 1.79. The second kappa shape index (κ2) is 7.97. The van der Waals surface area contributed by atoms with Crippen LogP contribution < -0.4 is 4.72 Å². The van der Waals surface area contributed by atoms with E-state index in [0.29, 0.717) is 11.1 Å². The van der Waals surface area contributed by atoms with Crippen LogP contribution in [0.3, 0.4) is 0 Å². The number of benzene rings is 2. The van der Waals surface area contributed by atoms with Gasteiger partial charge < -0.3 is 4.90 Å². The molecule has 1 N–H and O–H groups in total. The molecule has 1 amide bonds. The SMILES string of the molecule is Cc1ccc([N+](=O)[O-])cc1S(=O)(=O)Nc1ccc(C(=O)N2CCCCC2)cc1. The molecule has 0 atom stereocenters. The highest BCUT2D eigenvalue weighted by Gasteiger charge is 2.22. The van der Waals surface area contributed by atoms with E-state index >= 15 is 0 Å². The van der Waals surface area contributed by atoms with E-state index in [9.17, 15) is 23.3 Å². The number of carbonyl (C=O) groups is 1. The number of nitrogens with one attached hydrogen (secondary N) is 1. The van der Waals surface area contributed by atoms with Crippen molar-refractivity contribution in [1.29, 1.82) is 0 Å². The van der Waals surface area contributed by atoms with Gasteiger partial charge in [-0.3, -0.25) is 19.6 Å². The lowest BCUT2D eigenvalue weighted by molar-refractivity contribution is -0.385. The van der Waals surface area contributed by atoms with Crippen molar-refractivity contribution in [3.63, 3.8) is 0 Å². The molecule has 1 saturated heterocycles. The van der Waals surface area contributed by atoms with Crippen LogP contribution in [-0.4, -0.2) is 37.2 Å². The molecule has 0 unspecified atom stereocenters. The molecule has 8 nitrogen and oxygen atoms in total. The Bertz CT molecular complexity index is 997. The van der Waals surface area contributed by atoms with Gasteiger partial charge in [-0.25, -0.2) is 8.42 Å². The van der Waals surface area contributed by atoms with Crippen LogP contribution in [-0.2, 0) is 10.0 Å². The summed E-state index contributed by atoms with van der Waals surface area (Å²) in [4.78, 5) is 24.4. The number of rotatable bonds is 5. The summed E-state index contributed by atoms with van der Waals surface area (Å²) in [6.07, 6.45) is 3.11. The molecule has 148 valence electrons. The number of nitrogens with zero attached hydrogens (tertiary/aromatic N) is 2. The van der Waals surface area contributed by atoms with E-state index in [4.69, 9.17) is 0 Å². The highest BCUT2D eigenvalue weighted by molar-refractivity contribution is 7.92. The van der Waals surface area contributed by atoms with E-state index in [2.05, 4.69) is 4.72 Å². The molecular weight excluding hydrogens is 382 g/mol. The number of non-ortho nitro benzene ring substituents is 1. The van der Waals surface area contributed by atoms with E-state index in [1.807, 2.05) is 0 Å². The number of likely N-dealkylation sites (tertiary alicyclic amines) is 1. The van der Waals surface area contributed by atoms with E-state index in [-0.39, 0.29) is 22.2 Å². The molecule has 28 heavy (non-hydrogen) atoms. The molecule has 0 radical (unpaired) electrons. The lowest BCUT2D eigenvalue weighted by Crippen LogP contribution is -2.35. The zero-order valence-electron chi connectivity index (χ0n) is 15.4. The summed E-state index contributed by atoms with van der Waals surface area (Å²) in [5, 5.41) is 10.9. The highest BCUT2D eigenvalue weighted by Crippen LogP contribution is 2.24. The first-order chi connectivity index (χ1) is 13.3. The lowest BCUT2D eigenvalue weighted by atomic mass is 10.1. The molecule has 0 spiro atoms. The van der Waals surface area contributed by atoms with Crippen LogP contribution in [0.15, 0.2) is 47.4 Å². The minimum absolute atomic E-state index is 0.0661. The lowest BCUT2D eigenvalue weighted by Gasteiger charge is -2.26. The first kappa shape index (κ1) is 19.8. The van der Waals surface area contributed by atoms with Gasteiger partial charge in [-0.2, -0.15) is 0 Å². The molecule has 2 aromatic carbocycles. The van der Waals surface area contributed by atoms with Crippen molar-refractivity contribution in [1.82, 2.24) is 4.90 Å². The van der Waals surface area contributed by atoms with Gasteiger partial charge in [0.05, 0.1) is 9.82 Å². The summed E-state index contributed by atoms with van der Waals surface area (Å²) in [5.74, 6) is -0.0661. The molecule has 1 heterocycles. The maximum Gasteiger partial charge on any atom is 0.270 e. The number of hydrogen-bond donors (Lipinski definition) is 1. The van der Waals surface area contributed by atoms with Gasteiger partial charge >= 0.3 is 0 Å². The van der Waals surface area contributed by atoms with Gasteiger partial charge in [-0.15, -0.1) is 0 Å². The normalized spacial score (nSPS) is 14.5. The maximum atomic E-state index is 12.7. The molecule has 9 heteroatoms. The zero-order valence-corrected chi connectivity index (χ0v) is 16.2. The number of sulfonamides is 1. The summed E-state index contributed by atoms with van der Waals surface area (Å²) < 4.78 is 27.7. The van der Waals surface area contributed by atoms with Crippen LogP contribution in [0.4, 0.5) is 11.4 Å². The predicted octanol–water partition coefficient (Wildman–Crippen LogP) is 3.33. The Morgan fingerprint density at radius 2 is 1.71 bits per heavy atom. The van der Waals surface area contributed by atoms with E-state index in [0.717, 1.165) is 38.4 Å². The zero-order chi connectivity index (χ0) is 20.3. The average Bonchev–Trinajstić information content (AvgIpc) is 2.68. The van der Waals surface area contributed by atoms with Crippen molar-refractivity contribution in [3.05, 3.63) is 63.7 Å². The van der Waals surface area contributed by atoms with Gasteiger partial charge in [0, 0.05) is 36.5 Å². The number of piperidine rings is 1. The van der Waals surface area contributed by atoms with E-state index < -0.39 is 14.9 Å². The summed E-state index contributed by atoms with van der Waals surface area (Å²) >= 11 is 0. The van der Waals surface area contributed by atoms with Crippen molar-refractivity contribution in [2.45, 2.75) is 31.1 Å². The second-order valence-electron chi connectivity index (χ2n) is 6.74. The summed E-state index contributed by atoms with van der Waals surface area (Å²) in [6.45, 7) is 3.04. The third-order valence-electron chi connectivity index (χ3n) is 4.70. The Morgan fingerprint density at radius 3 is 2.32 bits per heavy atom. The monoisotopic (exact) mass is 403 g/mol. The fourth-order valence-electron chi connectivity index (χ4n) is 3.16. The van der Waals surface area contributed by atoms with Crippen LogP contribution in [0.25, 0.3) is 0 Å². The smallest absolute Gasteiger partial charge is 0.270 e. The van der Waals surface area contributed by atoms with Gasteiger partial charge in [-0.1, -0.05) is 6.07 Å². The largest absolute Gasteiger partial charge is 0.339 e. The van der Waals surface area contributed by atoms with Gasteiger partial charge in [0.2, 0.25) is 0 Å². The number of nitro groups is 1. The van der Waals surface area contributed by atoms with Crippen LogP contribution in [0.2, 0.25) is 0 Å². The van der Waals surface area contributed by atoms with Crippen molar-refractivity contribution in [2.24, 2.45) is 0 Å². The standard InChI is InChI=1S/C19H21N3O5S/c1-14-5-10-17(22(24)25)13-18(14)28(26,27)20-16-8-6-15(7-9-16)19(23)21-11-3-2-4-12-21/h5-10,13,20H,2-4,11-12H2,1H3. The Morgan fingerprint density at radius 1 is 1.07 bits per heavy atom. The van der Waals surface area contributed by atoms with Crippen molar-refractivity contribution in [2.75, 3.05) is 17.8 Å². The Kier molecular flexibility index (Phi) is 5.64. The minimum atomic E-state index is -4.00. The van der Waals surface area contributed by atoms with Crippen molar-refractivity contribution in [3.8, 4) is 0 Å². The van der Waals surface area contributed by atoms with E-state index in [1.165, 1.54) is 24.3 Å². The quantitative estimate of drug-likeness (QED) is 0.608. The number of hydrogen-bond acceptors (Lipinski definition) is 5.